The molecule has 0 unspecified atom stereocenters. The molecule has 1 aliphatic heterocycles. The van der Waals surface area contributed by atoms with Gasteiger partial charge in [0, 0.05) is 13.1 Å². The molecule has 0 aliphatic carbocycles. The summed E-state index contributed by atoms with van der Waals surface area (Å²) in [5.74, 6) is -0.0467. The Balaban J connectivity index is 1.57. The molecule has 3 rings (SSSR count). The van der Waals surface area contributed by atoms with Crippen LogP contribution in [0, 0.1) is 11.7 Å². The summed E-state index contributed by atoms with van der Waals surface area (Å²) in [4.78, 5) is 27.2. The molecule has 1 aliphatic rings. The van der Waals surface area contributed by atoms with Crippen LogP contribution >= 0.6 is 0 Å². The maximum absolute atomic E-state index is 13.7. The number of benzene rings is 1. The second kappa shape index (κ2) is 6.13. The number of rotatable bonds is 3. The van der Waals surface area contributed by atoms with E-state index < -0.39 is 5.69 Å². The van der Waals surface area contributed by atoms with Crippen molar-refractivity contribution in [1.29, 1.82) is 0 Å². The van der Waals surface area contributed by atoms with Gasteiger partial charge in [-0.1, -0.05) is 18.2 Å². The molecule has 0 saturated carbocycles. The standard InChI is InChI=1S/C15H17FN4O2/c16-12-4-2-1-3-11(12)9-10-5-7-20(8-6-10)14(21)13-17-15(22)19-18-13/h1-4,10H,5-9H2,(H2,17,18,19,22). The molecule has 7 heteroatoms. The third-order valence-corrected chi connectivity index (χ3v) is 4.07. The van der Waals surface area contributed by atoms with Crippen LogP contribution in [0.5, 0.6) is 0 Å². The summed E-state index contributed by atoms with van der Waals surface area (Å²) >= 11 is 0. The van der Waals surface area contributed by atoms with Crippen LogP contribution in [0.15, 0.2) is 29.1 Å². The quantitative estimate of drug-likeness (QED) is 0.897. The molecular formula is C15H17FN4O2. The molecule has 22 heavy (non-hydrogen) atoms. The Labute approximate surface area is 126 Å². The number of nitrogens with one attached hydrogen (secondary N) is 2. The number of hydrogen-bond acceptors (Lipinski definition) is 3. The van der Waals surface area contributed by atoms with Crippen molar-refractivity contribution in [3.63, 3.8) is 0 Å². The predicted molar refractivity (Wildman–Crippen MR) is 77.9 cm³/mol. The average Bonchev–Trinajstić information content (AvgIpc) is 2.96. The van der Waals surface area contributed by atoms with Crippen molar-refractivity contribution < 1.29 is 9.18 Å². The summed E-state index contributed by atoms with van der Waals surface area (Å²) in [6.07, 6.45) is 2.32. The van der Waals surface area contributed by atoms with Crippen LogP contribution in [-0.2, 0) is 6.42 Å². The average molecular weight is 304 g/mol. The van der Waals surface area contributed by atoms with Gasteiger partial charge in [-0.25, -0.2) is 14.3 Å². The largest absolute Gasteiger partial charge is 0.341 e. The summed E-state index contributed by atoms with van der Waals surface area (Å²) in [7, 11) is 0. The Morgan fingerprint density at radius 1 is 1.32 bits per heavy atom. The van der Waals surface area contributed by atoms with Crippen molar-refractivity contribution in [3.8, 4) is 0 Å². The number of aromatic nitrogens is 3. The number of aromatic amines is 2. The first-order valence-corrected chi connectivity index (χ1v) is 7.31. The number of halogens is 1. The summed E-state index contributed by atoms with van der Waals surface area (Å²) in [5, 5.41) is 5.84. The van der Waals surface area contributed by atoms with Crippen LogP contribution in [0.1, 0.15) is 29.0 Å². The Hall–Kier alpha value is -2.44. The summed E-state index contributed by atoms with van der Waals surface area (Å²) in [6.45, 7) is 1.18. The van der Waals surface area contributed by atoms with Crippen LogP contribution < -0.4 is 5.69 Å². The van der Waals surface area contributed by atoms with Crippen molar-refractivity contribution in [2.24, 2.45) is 5.92 Å². The van der Waals surface area contributed by atoms with E-state index in [1.165, 1.54) is 6.07 Å². The van der Waals surface area contributed by atoms with Crippen molar-refractivity contribution in [2.75, 3.05) is 13.1 Å². The van der Waals surface area contributed by atoms with Crippen LogP contribution in [0.3, 0.4) is 0 Å². The lowest BCUT2D eigenvalue weighted by Gasteiger charge is -2.31. The Morgan fingerprint density at radius 3 is 2.68 bits per heavy atom. The first-order chi connectivity index (χ1) is 10.6. The zero-order valence-corrected chi connectivity index (χ0v) is 12.0. The minimum absolute atomic E-state index is 0.0394. The molecule has 2 heterocycles. The fraction of sp³-hybridized carbons (Fsp3) is 0.400. The van der Waals surface area contributed by atoms with Crippen LogP contribution in [0.4, 0.5) is 4.39 Å². The molecule has 0 spiro atoms. The highest BCUT2D eigenvalue weighted by Crippen LogP contribution is 2.23. The van der Waals surface area contributed by atoms with E-state index in [2.05, 4.69) is 15.2 Å². The monoisotopic (exact) mass is 304 g/mol. The zero-order valence-electron chi connectivity index (χ0n) is 12.0. The van der Waals surface area contributed by atoms with E-state index in [-0.39, 0.29) is 17.5 Å². The second-order valence-corrected chi connectivity index (χ2v) is 5.56. The second-order valence-electron chi connectivity index (χ2n) is 5.56. The van der Waals surface area contributed by atoms with E-state index in [4.69, 9.17) is 0 Å². The molecule has 1 aromatic heterocycles. The van der Waals surface area contributed by atoms with E-state index in [1.54, 1.807) is 17.0 Å². The Bertz CT molecular complexity index is 716. The fourth-order valence-corrected chi connectivity index (χ4v) is 2.84. The maximum atomic E-state index is 13.7. The van der Waals surface area contributed by atoms with Gasteiger partial charge in [-0.05, 0) is 36.8 Å². The SMILES string of the molecule is O=C(c1n[nH]c(=O)[nH]1)N1CCC(Cc2ccccc2F)CC1. The minimum Gasteiger partial charge on any atom is -0.336 e. The molecule has 6 nitrogen and oxygen atoms in total. The first-order valence-electron chi connectivity index (χ1n) is 7.31. The normalized spacial score (nSPS) is 16.0. The molecule has 116 valence electrons. The highest BCUT2D eigenvalue weighted by molar-refractivity contribution is 5.90. The first kappa shape index (κ1) is 14.5. The van der Waals surface area contributed by atoms with Gasteiger partial charge in [0.25, 0.3) is 5.91 Å². The number of hydrogen-bond donors (Lipinski definition) is 2. The molecule has 1 saturated heterocycles. The highest BCUT2D eigenvalue weighted by atomic mass is 19.1. The molecular weight excluding hydrogens is 287 g/mol. The summed E-state index contributed by atoms with van der Waals surface area (Å²) < 4.78 is 13.7. The smallest absolute Gasteiger partial charge is 0.336 e. The number of piperidine rings is 1. The Morgan fingerprint density at radius 2 is 2.05 bits per heavy atom. The van der Waals surface area contributed by atoms with Gasteiger partial charge in [0.2, 0.25) is 5.82 Å². The number of carbonyl (C=O) groups is 1. The Kier molecular flexibility index (Phi) is 4.04. The van der Waals surface area contributed by atoms with Gasteiger partial charge < -0.3 is 4.90 Å². The lowest BCUT2D eigenvalue weighted by atomic mass is 9.90. The number of H-pyrrole nitrogens is 2. The van der Waals surface area contributed by atoms with Gasteiger partial charge in [-0.3, -0.25) is 9.78 Å². The van der Waals surface area contributed by atoms with Crippen LogP contribution in [0.2, 0.25) is 0 Å². The van der Waals surface area contributed by atoms with Crippen molar-refractivity contribution in [3.05, 3.63) is 52.0 Å². The van der Waals surface area contributed by atoms with E-state index in [1.807, 2.05) is 6.07 Å². The molecule has 1 amide bonds. The minimum atomic E-state index is -0.488. The van der Waals surface area contributed by atoms with Crippen LogP contribution in [-0.4, -0.2) is 39.1 Å². The van der Waals surface area contributed by atoms with Gasteiger partial charge in [0.1, 0.15) is 5.82 Å². The van der Waals surface area contributed by atoms with Crippen molar-refractivity contribution in [1.82, 2.24) is 20.1 Å². The number of carbonyl (C=O) groups excluding carboxylic acids is 1. The molecule has 0 atom stereocenters. The highest BCUT2D eigenvalue weighted by Gasteiger charge is 2.25. The van der Waals surface area contributed by atoms with Crippen molar-refractivity contribution >= 4 is 5.91 Å². The van der Waals surface area contributed by atoms with Gasteiger partial charge in [0.15, 0.2) is 0 Å². The van der Waals surface area contributed by atoms with Crippen molar-refractivity contribution in [2.45, 2.75) is 19.3 Å². The lowest BCUT2D eigenvalue weighted by molar-refractivity contribution is 0.0678. The van der Waals surface area contributed by atoms with Gasteiger partial charge in [0.05, 0.1) is 0 Å². The van der Waals surface area contributed by atoms with Gasteiger partial charge >= 0.3 is 5.69 Å². The van der Waals surface area contributed by atoms with Gasteiger partial charge in [-0.15, -0.1) is 5.10 Å². The molecule has 2 aromatic rings. The predicted octanol–water partition coefficient (Wildman–Crippen LogP) is 1.33. The number of nitrogens with zero attached hydrogens (tertiary/aromatic N) is 2. The topological polar surface area (TPSA) is 81.8 Å². The summed E-state index contributed by atoms with van der Waals surface area (Å²) in [6, 6.07) is 6.80. The number of likely N-dealkylation sites (tertiary alicyclic amines) is 1. The third kappa shape index (κ3) is 3.08. The zero-order chi connectivity index (χ0) is 15.5. The van der Waals surface area contributed by atoms with Crippen LogP contribution in [0.25, 0.3) is 0 Å². The van der Waals surface area contributed by atoms with E-state index >= 15 is 0 Å². The van der Waals surface area contributed by atoms with E-state index in [0.717, 1.165) is 18.4 Å². The molecule has 1 aromatic carbocycles. The third-order valence-electron chi connectivity index (χ3n) is 4.07. The lowest BCUT2D eigenvalue weighted by Crippen LogP contribution is -2.39. The summed E-state index contributed by atoms with van der Waals surface area (Å²) in [5.41, 5.74) is 0.238. The van der Waals surface area contributed by atoms with E-state index in [0.29, 0.717) is 25.4 Å². The number of amides is 1. The molecule has 1 fully saturated rings. The van der Waals surface area contributed by atoms with Gasteiger partial charge in [-0.2, -0.15) is 0 Å². The molecule has 0 radical (unpaired) electrons. The molecule has 2 N–H and O–H groups in total. The molecule has 0 bridgehead atoms. The van der Waals surface area contributed by atoms with E-state index in [9.17, 15) is 14.0 Å². The fourth-order valence-electron chi connectivity index (χ4n) is 2.84. The maximum Gasteiger partial charge on any atom is 0.341 e.